The molecule has 0 aromatic rings. The molecule has 0 rings (SSSR count). The van der Waals surface area contributed by atoms with E-state index in [-0.39, 0.29) is 104 Å². The number of nitrogens with zero attached hydrogens (tertiary/aromatic N) is 1. The Morgan fingerprint density at radius 1 is 1.05 bits per heavy atom. The van der Waals surface area contributed by atoms with Crippen LogP contribution in [0.15, 0.2) is 0 Å². The number of nitrogens with two attached hydrogens (primary N) is 1. The van der Waals surface area contributed by atoms with Crippen molar-refractivity contribution in [3.8, 4) is 0 Å². The Balaban J connectivity index is -0.0000000128. The summed E-state index contributed by atoms with van der Waals surface area (Å²) in [4.78, 5) is 32.6. The summed E-state index contributed by atoms with van der Waals surface area (Å²) in [6, 6.07) is 0. The minimum absolute atomic E-state index is 0. The molecule has 136 valence electrons. The van der Waals surface area contributed by atoms with Crippen molar-refractivity contribution in [1.82, 2.24) is 4.90 Å². The zero-order valence-electron chi connectivity index (χ0n) is 10.3. The summed E-state index contributed by atoms with van der Waals surface area (Å²) in [5.74, 6) is -1.23. The number of carbonyl (C=O) groups is 1. The van der Waals surface area contributed by atoms with Gasteiger partial charge in [0.1, 0.15) is 6.54 Å². The number of phosphoric acid groups is 1. The van der Waals surface area contributed by atoms with E-state index in [1.807, 2.05) is 0 Å². The molecule has 0 aliphatic carbocycles. The van der Waals surface area contributed by atoms with E-state index in [0.29, 0.717) is 0 Å². The van der Waals surface area contributed by atoms with Gasteiger partial charge >= 0.3 is 72.9 Å². The van der Waals surface area contributed by atoms with Crippen molar-refractivity contribution in [3.05, 3.63) is 0 Å². The summed E-state index contributed by atoms with van der Waals surface area (Å²) in [5.41, 5.74) is 4.93. The molecular weight excluding hydrogens is 359 g/mol. The fraction of sp³-hybridized carbons (Fsp3) is 0.500. The Morgan fingerprint density at radius 2 is 1.23 bits per heavy atom. The number of carboxylic acid groups (broad SMARTS) is 1. The van der Waals surface area contributed by atoms with E-state index in [1.165, 1.54) is 7.05 Å². The fourth-order valence-electron chi connectivity index (χ4n) is 0.288. The molecular formula is C4H26N3Na2O12P. The average Bonchev–Trinajstić information content (AvgIpc) is 1.80. The topological polar surface area (TPSA) is 357 Å². The van der Waals surface area contributed by atoms with Gasteiger partial charge in [-0.15, -0.1) is 0 Å². The van der Waals surface area contributed by atoms with Crippen LogP contribution >= 0.6 is 7.82 Å². The molecule has 0 unspecified atom stereocenters. The zero-order valence-corrected chi connectivity index (χ0v) is 11.2. The predicted molar refractivity (Wildman–Crippen MR) is 82.4 cm³/mol. The Hall–Kier alpha value is 0.610. The van der Waals surface area contributed by atoms with E-state index in [0.717, 1.165) is 4.90 Å². The quantitative estimate of drug-likeness (QED) is 0.114. The molecule has 15 nitrogen and oxygen atoms in total. The number of carboxylic acids is 1. The Labute approximate surface area is 169 Å². The third kappa shape index (κ3) is 107. The van der Waals surface area contributed by atoms with Gasteiger partial charge in [-0.1, -0.05) is 0 Å². The summed E-state index contributed by atoms with van der Waals surface area (Å²) >= 11 is 0. The molecule has 0 amide bonds. The third-order valence-electron chi connectivity index (χ3n) is 0.784. The van der Waals surface area contributed by atoms with E-state index in [4.69, 9.17) is 35.5 Å². The summed E-state index contributed by atoms with van der Waals surface area (Å²) < 4.78 is 8.88. The molecule has 0 heterocycles. The van der Waals surface area contributed by atoms with Crippen molar-refractivity contribution in [2.45, 2.75) is 0 Å². The van der Waals surface area contributed by atoms with Gasteiger partial charge in [-0.25, -0.2) is 4.57 Å². The van der Waals surface area contributed by atoms with Crippen molar-refractivity contribution in [1.29, 1.82) is 5.41 Å². The fourth-order valence-corrected chi connectivity index (χ4v) is 0.288. The third-order valence-corrected chi connectivity index (χ3v) is 0.784. The molecule has 0 saturated heterocycles. The maximum atomic E-state index is 9.92. The van der Waals surface area contributed by atoms with E-state index >= 15 is 0 Å². The number of likely N-dealkylation sites (N-methyl/N-ethyl adjacent to an activating group) is 1. The Kier molecular flexibility index (Phi) is 100. The molecule has 18 heteroatoms. The van der Waals surface area contributed by atoms with Crippen LogP contribution in [0.4, 0.5) is 0 Å². The molecule has 0 aliphatic heterocycles. The Morgan fingerprint density at radius 3 is 1.27 bits per heavy atom. The van der Waals surface area contributed by atoms with E-state index in [1.54, 1.807) is 0 Å². The van der Waals surface area contributed by atoms with E-state index < -0.39 is 13.8 Å². The first-order chi connectivity index (χ1) is 6.04. The van der Waals surface area contributed by atoms with Gasteiger partial charge in [-0.2, -0.15) is 0 Å². The number of hydrogen-bond donors (Lipinski definition) is 6. The Bertz CT molecular complexity index is 256. The van der Waals surface area contributed by atoms with Gasteiger partial charge in [0.05, 0.1) is 0 Å². The first-order valence-electron chi connectivity index (χ1n) is 3.09. The molecule has 19 N–H and O–H groups in total. The molecule has 0 aromatic heterocycles. The van der Waals surface area contributed by atoms with Gasteiger partial charge in [-0.05, 0) is 0 Å². The van der Waals surface area contributed by atoms with Gasteiger partial charge < -0.3 is 63.3 Å². The monoisotopic (exact) mass is 385 g/mol. The molecule has 0 spiro atoms. The number of aliphatic carboxylic acids is 1. The first-order valence-corrected chi connectivity index (χ1v) is 4.65. The first kappa shape index (κ1) is 66.4. The van der Waals surface area contributed by atoms with Crippen LogP contribution in [0.3, 0.4) is 0 Å². The van der Waals surface area contributed by atoms with Crippen LogP contribution in [0.2, 0.25) is 0 Å². The van der Waals surface area contributed by atoms with E-state index in [2.05, 4.69) is 0 Å². The van der Waals surface area contributed by atoms with Crippen molar-refractivity contribution < 1.29 is 62.0 Å². The zero-order chi connectivity index (χ0) is 11.9. The average molecular weight is 385 g/mol. The second-order valence-corrected chi connectivity index (χ2v) is 3.17. The van der Waals surface area contributed by atoms with E-state index in [9.17, 15) is 4.79 Å². The van der Waals surface area contributed by atoms with Crippen LogP contribution in [0.1, 0.15) is 0 Å². The second-order valence-electron chi connectivity index (χ2n) is 2.15. The molecule has 0 fully saturated rings. The van der Waals surface area contributed by atoms with Crippen LogP contribution in [-0.4, -0.2) is 142 Å². The van der Waals surface area contributed by atoms with Crippen LogP contribution in [0.25, 0.3) is 0 Å². The maximum absolute atomic E-state index is 9.92. The van der Waals surface area contributed by atoms with Crippen LogP contribution in [0.5, 0.6) is 0 Å². The van der Waals surface area contributed by atoms with Gasteiger partial charge in [0.2, 0.25) is 0 Å². The molecule has 22 heavy (non-hydrogen) atoms. The van der Waals surface area contributed by atoms with Crippen molar-refractivity contribution in [3.63, 3.8) is 0 Å². The molecule has 0 aliphatic rings. The number of guanidine groups is 1. The van der Waals surface area contributed by atoms with Crippen molar-refractivity contribution in [2.75, 3.05) is 13.6 Å². The molecule has 0 aromatic carbocycles. The van der Waals surface area contributed by atoms with Gasteiger partial charge in [0.25, 0.3) is 0 Å². The van der Waals surface area contributed by atoms with Gasteiger partial charge in [0.15, 0.2) is 5.96 Å². The second kappa shape index (κ2) is 33.3. The molecule has 0 radical (unpaired) electrons. The number of hydrogen-bond acceptors (Lipinski definition) is 3. The van der Waals surface area contributed by atoms with Gasteiger partial charge in [0, 0.05) is 7.05 Å². The van der Waals surface area contributed by atoms with Crippen LogP contribution < -0.4 is 5.73 Å². The summed E-state index contributed by atoms with van der Waals surface area (Å²) in [7, 11) is -3.20. The normalized spacial score (nSPS) is 6.18. The van der Waals surface area contributed by atoms with Crippen LogP contribution in [0, 0.1) is 5.41 Å². The van der Waals surface area contributed by atoms with Crippen LogP contribution in [-0.2, 0) is 9.36 Å². The molecule has 0 saturated carbocycles. The summed E-state index contributed by atoms with van der Waals surface area (Å²) in [6.45, 7) is -0.227. The number of rotatable bonds is 2. The SMILES string of the molecule is CN(CC(=O)O)C(=N)N.O.O.O.O.O.O.O=P(O)(O)O.[NaH].[NaH]. The summed E-state index contributed by atoms with van der Waals surface area (Å²) in [6.07, 6.45) is 0. The predicted octanol–water partition coefficient (Wildman–Crippen LogP) is -8.28. The van der Waals surface area contributed by atoms with Crippen molar-refractivity contribution >= 4 is 78.9 Å². The van der Waals surface area contributed by atoms with Gasteiger partial charge in [-0.3, -0.25) is 10.2 Å². The molecule has 0 bridgehead atoms. The number of nitrogens with one attached hydrogen (secondary N) is 1. The minimum atomic E-state index is -4.64. The summed E-state index contributed by atoms with van der Waals surface area (Å²) in [5, 5.41) is 14.9. The standard InChI is InChI=1S/C4H9N3O2.2Na.H3O4P.6H2O.2H/c1-7(4(5)6)2-3(8)9;;;1-5(2,3)4;;;;;;;;/h2H2,1H3,(H3,5,6)(H,8,9);;;(H3,1,2,3,4);6*1H2;;. The van der Waals surface area contributed by atoms with Crippen molar-refractivity contribution in [2.24, 2.45) is 5.73 Å². The molecule has 0 atom stereocenters.